The fourth-order valence-electron chi connectivity index (χ4n) is 2.11. The zero-order valence-corrected chi connectivity index (χ0v) is 11.8. The molecule has 0 atom stereocenters. The molecule has 0 saturated heterocycles. The highest BCUT2D eigenvalue weighted by atomic mass is 16.3. The minimum absolute atomic E-state index is 0.166. The van der Waals surface area contributed by atoms with E-state index in [4.69, 9.17) is 4.42 Å². The van der Waals surface area contributed by atoms with Crippen molar-refractivity contribution in [3.63, 3.8) is 0 Å². The van der Waals surface area contributed by atoms with Gasteiger partial charge in [0.2, 0.25) is 5.78 Å². The van der Waals surface area contributed by atoms with Crippen LogP contribution in [-0.4, -0.2) is 10.9 Å². The number of ketones is 1. The fraction of sp³-hybridized carbons (Fsp3) is 0. The lowest BCUT2D eigenvalue weighted by Gasteiger charge is -1.96. The van der Waals surface area contributed by atoms with Gasteiger partial charge in [-0.2, -0.15) is 0 Å². The van der Waals surface area contributed by atoms with Crippen molar-refractivity contribution < 1.29 is 14.3 Å². The molecule has 108 valence electrons. The molecule has 3 rings (SSSR count). The largest absolute Gasteiger partial charge is 0.508 e. The minimum atomic E-state index is -0.217. The van der Waals surface area contributed by atoms with Crippen molar-refractivity contribution in [3.8, 4) is 17.1 Å². The van der Waals surface area contributed by atoms with Crippen LogP contribution in [0.2, 0.25) is 0 Å². The smallest absolute Gasteiger partial charge is 0.221 e. The van der Waals surface area contributed by atoms with Crippen molar-refractivity contribution in [1.29, 1.82) is 0 Å². The first-order valence-electron chi connectivity index (χ1n) is 6.89. The fourth-order valence-corrected chi connectivity index (χ4v) is 2.11. The summed E-state index contributed by atoms with van der Waals surface area (Å²) in [5.41, 5.74) is 1.68. The van der Waals surface area contributed by atoms with E-state index in [1.54, 1.807) is 42.5 Å². The molecule has 3 nitrogen and oxygen atoms in total. The quantitative estimate of drug-likeness (QED) is 0.566. The Morgan fingerprint density at radius 2 is 1.77 bits per heavy atom. The Bertz CT molecular complexity index is 813. The van der Waals surface area contributed by atoms with Gasteiger partial charge in [0.25, 0.3) is 0 Å². The Kier molecular flexibility index (Phi) is 3.88. The molecule has 0 fully saturated rings. The highest BCUT2D eigenvalue weighted by Gasteiger charge is 2.09. The zero-order valence-electron chi connectivity index (χ0n) is 11.8. The second-order valence-electron chi connectivity index (χ2n) is 4.82. The van der Waals surface area contributed by atoms with Crippen LogP contribution in [0.4, 0.5) is 0 Å². The van der Waals surface area contributed by atoms with Crippen LogP contribution in [-0.2, 0) is 0 Å². The van der Waals surface area contributed by atoms with Gasteiger partial charge in [0.1, 0.15) is 11.5 Å². The molecule has 3 aromatic rings. The van der Waals surface area contributed by atoms with Gasteiger partial charge in [-0.25, -0.2) is 0 Å². The molecule has 3 heteroatoms. The highest BCUT2D eigenvalue weighted by molar-refractivity contribution is 6.05. The Morgan fingerprint density at radius 1 is 0.955 bits per heavy atom. The number of phenolic OH excluding ortho intramolecular Hbond substituents is 1. The van der Waals surface area contributed by atoms with E-state index in [2.05, 4.69) is 0 Å². The van der Waals surface area contributed by atoms with E-state index in [1.165, 1.54) is 6.08 Å². The number of rotatable bonds is 4. The van der Waals surface area contributed by atoms with Gasteiger partial charge in [-0.1, -0.05) is 48.5 Å². The van der Waals surface area contributed by atoms with Crippen LogP contribution in [0.15, 0.2) is 77.2 Å². The van der Waals surface area contributed by atoms with Crippen LogP contribution in [0.25, 0.3) is 17.4 Å². The van der Waals surface area contributed by atoms with Crippen LogP contribution in [0.3, 0.4) is 0 Å². The van der Waals surface area contributed by atoms with Gasteiger partial charge >= 0.3 is 0 Å². The van der Waals surface area contributed by atoms with Crippen molar-refractivity contribution in [2.75, 3.05) is 0 Å². The van der Waals surface area contributed by atoms with E-state index in [0.29, 0.717) is 5.76 Å². The van der Waals surface area contributed by atoms with Gasteiger partial charge in [-0.05, 0) is 35.9 Å². The maximum atomic E-state index is 12.1. The summed E-state index contributed by atoms with van der Waals surface area (Å²) in [7, 11) is 0. The number of hydrogen-bond acceptors (Lipinski definition) is 3. The lowest BCUT2D eigenvalue weighted by molar-refractivity contribution is 0.102. The van der Waals surface area contributed by atoms with Crippen molar-refractivity contribution in [3.05, 3.63) is 84.1 Å². The summed E-state index contributed by atoms with van der Waals surface area (Å²) < 4.78 is 5.59. The monoisotopic (exact) mass is 290 g/mol. The minimum Gasteiger partial charge on any atom is -0.508 e. The van der Waals surface area contributed by atoms with Crippen LogP contribution in [0.5, 0.6) is 5.75 Å². The highest BCUT2D eigenvalue weighted by Crippen LogP contribution is 2.22. The van der Waals surface area contributed by atoms with Gasteiger partial charge < -0.3 is 9.52 Å². The zero-order chi connectivity index (χ0) is 15.4. The molecular weight excluding hydrogens is 276 g/mol. The molecule has 0 aliphatic rings. The number of allylic oxidation sites excluding steroid dienone is 1. The molecule has 0 amide bonds. The molecule has 2 aromatic carbocycles. The van der Waals surface area contributed by atoms with Crippen molar-refractivity contribution in [1.82, 2.24) is 0 Å². The number of carbonyl (C=O) groups excluding carboxylic acids is 1. The maximum Gasteiger partial charge on any atom is 0.221 e. The van der Waals surface area contributed by atoms with Crippen LogP contribution in [0.1, 0.15) is 16.1 Å². The van der Waals surface area contributed by atoms with Crippen LogP contribution >= 0.6 is 0 Å². The molecule has 1 N–H and O–H groups in total. The number of phenols is 1. The van der Waals surface area contributed by atoms with E-state index >= 15 is 0 Å². The summed E-state index contributed by atoms with van der Waals surface area (Å²) in [6.45, 7) is 0. The average Bonchev–Trinajstić information content (AvgIpc) is 3.04. The standard InChI is InChI=1S/C19H14O3/c20-16-8-4-5-14(13-16)9-10-17(21)19-12-11-18(22-19)15-6-2-1-3-7-15/h1-13,20H/b10-9+. The summed E-state index contributed by atoms with van der Waals surface area (Å²) in [5.74, 6) is 0.898. The number of furan rings is 1. The van der Waals surface area contributed by atoms with Gasteiger partial charge in [0.15, 0.2) is 5.76 Å². The molecule has 1 aromatic heterocycles. The lowest BCUT2D eigenvalue weighted by atomic mass is 10.1. The summed E-state index contributed by atoms with van der Waals surface area (Å²) in [6, 6.07) is 19.8. The molecule has 1 heterocycles. The van der Waals surface area contributed by atoms with E-state index in [0.717, 1.165) is 11.1 Å². The number of hydrogen-bond donors (Lipinski definition) is 1. The van der Waals surface area contributed by atoms with E-state index in [-0.39, 0.29) is 17.3 Å². The molecule has 22 heavy (non-hydrogen) atoms. The topological polar surface area (TPSA) is 50.4 Å². The predicted octanol–water partition coefficient (Wildman–Crippen LogP) is 4.55. The molecule has 0 bridgehead atoms. The summed E-state index contributed by atoms with van der Waals surface area (Å²) in [4.78, 5) is 12.1. The SMILES string of the molecule is O=C(/C=C/c1cccc(O)c1)c1ccc(-c2ccccc2)o1. The Morgan fingerprint density at radius 3 is 2.55 bits per heavy atom. The Labute approximate surface area is 128 Å². The first kappa shape index (κ1) is 13.9. The first-order chi connectivity index (χ1) is 10.7. The predicted molar refractivity (Wildman–Crippen MR) is 85.6 cm³/mol. The molecular formula is C19H14O3. The van der Waals surface area contributed by atoms with Crippen molar-refractivity contribution >= 4 is 11.9 Å². The summed E-state index contributed by atoms with van der Waals surface area (Å²) in [6.07, 6.45) is 3.08. The van der Waals surface area contributed by atoms with E-state index in [9.17, 15) is 9.90 Å². The third kappa shape index (κ3) is 3.15. The lowest BCUT2D eigenvalue weighted by Crippen LogP contribution is -1.90. The van der Waals surface area contributed by atoms with Crippen molar-refractivity contribution in [2.45, 2.75) is 0 Å². The molecule has 0 aliphatic carbocycles. The number of benzene rings is 2. The summed E-state index contributed by atoms with van der Waals surface area (Å²) in [5, 5.41) is 9.39. The second kappa shape index (κ2) is 6.14. The second-order valence-corrected chi connectivity index (χ2v) is 4.82. The van der Waals surface area contributed by atoms with Crippen LogP contribution in [0, 0.1) is 0 Å². The third-order valence-electron chi connectivity index (χ3n) is 3.20. The molecule has 0 unspecified atom stereocenters. The number of aromatic hydroxyl groups is 1. The van der Waals surface area contributed by atoms with E-state index < -0.39 is 0 Å². The van der Waals surface area contributed by atoms with Gasteiger partial charge in [0, 0.05) is 5.56 Å². The van der Waals surface area contributed by atoms with Crippen LogP contribution < -0.4 is 0 Å². The van der Waals surface area contributed by atoms with Gasteiger partial charge in [-0.15, -0.1) is 0 Å². The maximum absolute atomic E-state index is 12.1. The molecule has 0 radical (unpaired) electrons. The summed E-state index contributed by atoms with van der Waals surface area (Å²) >= 11 is 0. The average molecular weight is 290 g/mol. The third-order valence-corrected chi connectivity index (χ3v) is 3.20. The molecule has 0 aliphatic heterocycles. The molecule has 0 saturated carbocycles. The van der Waals surface area contributed by atoms with Gasteiger partial charge in [0.05, 0.1) is 0 Å². The molecule has 0 spiro atoms. The van der Waals surface area contributed by atoms with Gasteiger partial charge in [-0.3, -0.25) is 4.79 Å². The van der Waals surface area contributed by atoms with Crippen molar-refractivity contribution in [2.24, 2.45) is 0 Å². The van der Waals surface area contributed by atoms with E-state index in [1.807, 2.05) is 30.3 Å². The first-order valence-corrected chi connectivity index (χ1v) is 6.89. The number of carbonyl (C=O) groups is 1. The Hall–Kier alpha value is -3.07. The normalized spacial score (nSPS) is 10.9. The Balaban J connectivity index is 1.77.